The molecule has 3 nitrogen and oxygen atoms in total. The molecule has 2 atom stereocenters. The van der Waals surface area contributed by atoms with E-state index in [0.717, 1.165) is 30.2 Å². The van der Waals surface area contributed by atoms with Crippen molar-refractivity contribution in [2.75, 3.05) is 5.32 Å². The van der Waals surface area contributed by atoms with Crippen LogP contribution in [0.3, 0.4) is 0 Å². The van der Waals surface area contributed by atoms with Gasteiger partial charge in [-0.05, 0) is 26.7 Å². The first-order chi connectivity index (χ1) is 7.65. The number of hydrogen-bond acceptors (Lipinski definition) is 3. The van der Waals surface area contributed by atoms with Crippen LogP contribution in [0.25, 0.3) is 0 Å². The van der Waals surface area contributed by atoms with E-state index in [1.807, 2.05) is 19.9 Å². The number of halogens is 1. The lowest BCUT2D eigenvalue weighted by Gasteiger charge is -2.28. The molecule has 88 valence electrons. The van der Waals surface area contributed by atoms with Gasteiger partial charge in [-0.2, -0.15) is 0 Å². The number of aryl methyl sites for hydroxylation is 2. The van der Waals surface area contributed by atoms with E-state index in [2.05, 4.69) is 15.3 Å². The van der Waals surface area contributed by atoms with Gasteiger partial charge in [-0.25, -0.2) is 9.97 Å². The Bertz CT molecular complexity index is 347. The molecular formula is C12H18ClN3. The number of rotatable bonds is 2. The van der Waals surface area contributed by atoms with Crippen molar-refractivity contribution in [2.45, 2.75) is 50.9 Å². The molecule has 1 aliphatic rings. The number of aromatic nitrogens is 2. The highest BCUT2D eigenvalue weighted by molar-refractivity contribution is 6.21. The summed E-state index contributed by atoms with van der Waals surface area (Å²) < 4.78 is 0. The van der Waals surface area contributed by atoms with Crippen molar-refractivity contribution in [3.05, 3.63) is 17.6 Å². The van der Waals surface area contributed by atoms with Crippen LogP contribution in [0.2, 0.25) is 0 Å². The molecule has 1 heterocycles. The molecule has 0 aliphatic heterocycles. The monoisotopic (exact) mass is 239 g/mol. The highest BCUT2D eigenvalue weighted by Crippen LogP contribution is 2.25. The van der Waals surface area contributed by atoms with Crippen molar-refractivity contribution in [2.24, 2.45) is 0 Å². The number of anilines is 1. The van der Waals surface area contributed by atoms with Crippen LogP contribution in [0.5, 0.6) is 0 Å². The lowest BCUT2D eigenvalue weighted by atomic mass is 9.95. The average Bonchev–Trinajstić information content (AvgIpc) is 2.20. The smallest absolute Gasteiger partial charge is 0.130 e. The molecule has 1 aromatic rings. The number of nitrogens with zero attached hydrogens (tertiary/aromatic N) is 2. The van der Waals surface area contributed by atoms with Crippen molar-refractivity contribution in [3.8, 4) is 0 Å². The van der Waals surface area contributed by atoms with Gasteiger partial charge < -0.3 is 5.32 Å². The molecule has 0 saturated heterocycles. The van der Waals surface area contributed by atoms with Crippen molar-refractivity contribution in [3.63, 3.8) is 0 Å². The minimum absolute atomic E-state index is 0.226. The van der Waals surface area contributed by atoms with E-state index in [4.69, 9.17) is 11.6 Å². The first kappa shape index (κ1) is 11.6. The quantitative estimate of drug-likeness (QED) is 0.807. The highest BCUT2D eigenvalue weighted by atomic mass is 35.5. The summed E-state index contributed by atoms with van der Waals surface area (Å²) in [6, 6.07) is 2.33. The molecule has 1 N–H and O–H groups in total. The third-order valence-electron chi connectivity index (χ3n) is 2.98. The zero-order valence-electron chi connectivity index (χ0n) is 9.83. The third kappa shape index (κ3) is 2.85. The van der Waals surface area contributed by atoms with E-state index in [0.29, 0.717) is 6.04 Å². The predicted octanol–water partition coefficient (Wildman–Crippen LogP) is 3.06. The predicted molar refractivity (Wildman–Crippen MR) is 67.0 cm³/mol. The summed E-state index contributed by atoms with van der Waals surface area (Å²) >= 11 is 6.31. The van der Waals surface area contributed by atoms with Gasteiger partial charge >= 0.3 is 0 Å². The maximum absolute atomic E-state index is 6.31. The molecule has 0 bridgehead atoms. The molecule has 4 heteroatoms. The zero-order chi connectivity index (χ0) is 11.5. The Kier molecular flexibility index (Phi) is 3.64. The second-order valence-electron chi connectivity index (χ2n) is 4.49. The van der Waals surface area contributed by atoms with Gasteiger partial charge in [0.1, 0.15) is 11.6 Å². The lowest BCUT2D eigenvalue weighted by molar-refractivity contribution is 0.468. The van der Waals surface area contributed by atoms with Crippen molar-refractivity contribution in [1.82, 2.24) is 9.97 Å². The first-order valence-electron chi connectivity index (χ1n) is 5.88. The van der Waals surface area contributed by atoms with E-state index in [1.165, 1.54) is 12.8 Å². The minimum atomic E-state index is 0.226. The normalized spacial score (nSPS) is 25.4. The Labute approximate surface area is 102 Å². The van der Waals surface area contributed by atoms with Gasteiger partial charge in [0.15, 0.2) is 0 Å². The SMILES string of the molecule is Cc1cc(NC2CCCCC2Cl)nc(C)n1. The van der Waals surface area contributed by atoms with Crippen molar-refractivity contribution in [1.29, 1.82) is 0 Å². The molecule has 2 unspecified atom stereocenters. The first-order valence-corrected chi connectivity index (χ1v) is 6.31. The van der Waals surface area contributed by atoms with Gasteiger partial charge in [-0.1, -0.05) is 12.8 Å². The number of hydrogen-bond donors (Lipinski definition) is 1. The second-order valence-corrected chi connectivity index (χ2v) is 5.05. The zero-order valence-corrected chi connectivity index (χ0v) is 10.6. The van der Waals surface area contributed by atoms with E-state index in [9.17, 15) is 0 Å². The number of nitrogens with one attached hydrogen (secondary N) is 1. The topological polar surface area (TPSA) is 37.8 Å². The van der Waals surface area contributed by atoms with Crippen LogP contribution in [0, 0.1) is 13.8 Å². The molecule has 0 spiro atoms. The summed E-state index contributed by atoms with van der Waals surface area (Å²) in [6.07, 6.45) is 4.73. The Morgan fingerprint density at radius 1 is 1.25 bits per heavy atom. The molecule has 2 rings (SSSR count). The lowest BCUT2D eigenvalue weighted by Crippen LogP contribution is -2.33. The molecule has 1 fully saturated rings. The molecule has 1 aromatic heterocycles. The largest absolute Gasteiger partial charge is 0.366 e. The highest BCUT2D eigenvalue weighted by Gasteiger charge is 2.23. The van der Waals surface area contributed by atoms with Gasteiger partial charge in [-0.3, -0.25) is 0 Å². The van der Waals surface area contributed by atoms with Gasteiger partial charge in [0.05, 0.1) is 5.38 Å². The Morgan fingerprint density at radius 2 is 2.00 bits per heavy atom. The minimum Gasteiger partial charge on any atom is -0.366 e. The maximum Gasteiger partial charge on any atom is 0.130 e. The van der Waals surface area contributed by atoms with Gasteiger partial charge in [-0.15, -0.1) is 11.6 Å². The maximum atomic E-state index is 6.31. The van der Waals surface area contributed by atoms with Gasteiger partial charge in [0.2, 0.25) is 0 Å². The van der Waals surface area contributed by atoms with E-state index >= 15 is 0 Å². The third-order valence-corrected chi connectivity index (χ3v) is 3.50. The van der Waals surface area contributed by atoms with Crippen molar-refractivity contribution >= 4 is 17.4 Å². The van der Waals surface area contributed by atoms with Crippen LogP contribution in [0.15, 0.2) is 6.07 Å². The molecule has 1 aliphatic carbocycles. The van der Waals surface area contributed by atoms with Crippen LogP contribution >= 0.6 is 11.6 Å². The Morgan fingerprint density at radius 3 is 2.69 bits per heavy atom. The van der Waals surface area contributed by atoms with Crippen LogP contribution in [-0.2, 0) is 0 Å². The number of alkyl halides is 1. The van der Waals surface area contributed by atoms with Crippen LogP contribution in [-0.4, -0.2) is 21.4 Å². The summed E-state index contributed by atoms with van der Waals surface area (Å²) in [4.78, 5) is 8.64. The summed E-state index contributed by atoms with van der Waals surface area (Å²) in [7, 11) is 0. The average molecular weight is 240 g/mol. The molecule has 0 radical (unpaired) electrons. The van der Waals surface area contributed by atoms with E-state index < -0.39 is 0 Å². The van der Waals surface area contributed by atoms with E-state index in [-0.39, 0.29) is 5.38 Å². The summed E-state index contributed by atoms with van der Waals surface area (Å²) in [5, 5.41) is 3.66. The molecule has 0 amide bonds. The second kappa shape index (κ2) is 5.00. The fraction of sp³-hybridized carbons (Fsp3) is 0.667. The van der Waals surface area contributed by atoms with Crippen LogP contribution < -0.4 is 5.32 Å². The van der Waals surface area contributed by atoms with Crippen LogP contribution in [0.1, 0.15) is 37.2 Å². The molecular weight excluding hydrogens is 222 g/mol. The fourth-order valence-corrected chi connectivity index (χ4v) is 2.57. The summed E-state index contributed by atoms with van der Waals surface area (Å²) in [6.45, 7) is 3.90. The molecule has 16 heavy (non-hydrogen) atoms. The van der Waals surface area contributed by atoms with Gasteiger partial charge in [0, 0.05) is 17.8 Å². The van der Waals surface area contributed by atoms with Crippen molar-refractivity contribution < 1.29 is 0 Å². The Balaban J connectivity index is 2.07. The summed E-state index contributed by atoms with van der Waals surface area (Å²) in [5.74, 6) is 1.71. The van der Waals surface area contributed by atoms with E-state index in [1.54, 1.807) is 0 Å². The Hall–Kier alpha value is -0.830. The standard InChI is InChI=1S/C12H18ClN3/c1-8-7-12(15-9(2)14-8)16-11-6-4-3-5-10(11)13/h7,10-11H,3-6H2,1-2H3,(H,14,15,16). The fourth-order valence-electron chi connectivity index (χ4n) is 2.23. The molecule has 1 saturated carbocycles. The summed E-state index contributed by atoms with van der Waals surface area (Å²) in [5.41, 5.74) is 0.997. The van der Waals surface area contributed by atoms with Gasteiger partial charge in [0.25, 0.3) is 0 Å². The van der Waals surface area contributed by atoms with Crippen LogP contribution in [0.4, 0.5) is 5.82 Å². The molecule has 0 aromatic carbocycles.